The van der Waals surface area contributed by atoms with Gasteiger partial charge < -0.3 is 10.6 Å². The summed E-state index contributed by atoms with van der Waals surface area (Å²) in [6.45, 7) is 6.04. The molecular formula is C13H19FN2O. The second-order valence-electron chi connectivity index (χ2n) is 4.21. The van der Waals surface area contributed by atoms with Crippen LogP contribution >= 0.6 is 0 Å². The van der Waals surface area contributed by atoms with Crippen LogP contribution in [0.3, 0.4) is 0 Å². The van der Waals surface area contributed by atoms with E-state index in [1.54, 1.807) is 30.9 Å². The molecule has 0 spiro atoms. The van der Waals surface area contributed by atoms with Crippen LogP contribution in [0.1, 0.15) is 20.8 Å². The van der Waals surface area contributed by atoms with E-state index in [9.17, 15) is 9.18 Å². The van der Waals surface area contributed by atoms with Crippen LogP contribution in [0.2, 0.25) is 0 Å². The highest BCUT2D eigenvalue weighted by molar-refractivity contribution is 5.95. The van der Waals surface area contributed by atoms with Gasteiger partial charge in [0.1, 0.15) is 5.82 Å². The molecule has 1 amide bonds. The largest absolute Gasteiger partial charge is 0.327 e. The SMILES string of the molecule is CCN(C(=O)C(C)C(C)N)c1ccc(F)cc1. The summed E-state index contributed by atoms with van der Waals surface area (Å²) in [5.74, 6) is -0.591. The third-order valence-electron chi connectivity index (χ3n) is 2.90. The van der Waals surface area contributed by atoms with E-state index in [4.69, 9.17) is 5.73 Å². The van der Waals surface area contributed by atoms with Crippen molar-refractivity contribution in [2.75, 3.05) is 11.4 Å². The molecule has 94 valence electrons. The van der Waals surface area contributed by atoms with Crippen molar-refractivity contribution in [1.82, 2.24) is 0 Å². The van der Waals surface area contributed by atoms with Gasteiger partial charge in [-0.3, -0.25) is 4.79 Å². The van der Waals surface area contributed by atoms with Crippen molar-refractivity contribution in [2.45, 2.75) is 26.8 Å². The lowest BCUT2D eigenvalue weighted by atomic mass is 10.0. The minimum absolute atomic E-state index is 0.0332. The van der Waals surface area contributed by atoms with Crippen molar-refractivity contribution in [2.24, 2.45) is 11.7 Å². The average Bonchev–Trinajstić information content (AvgIpc) is 2.31. The number of nitrogens with zero attached hydrogens (tertiary/aromatic N) is 1. The predicted molar refractivity (Wildman–Crippen MR) is 67.2 cm³/mol. The van der Waals surface area contributed by atoms with Gasteiger partial charge in [-0.15, -0.1) is 0 Å². The molecule has 0 saturated carbocycles. The van der Waals surface area contributed by atoms with Crippen LogP contribution in [0.15, 0.2) is 24.3 Å². The van der Waals surface area contributed by atoms with Crippen LogP contribution < -0.4 is 10.6 Å². The first kappa shape index (κ1) is 13.6. The van der Waals surface area contributed by atoms with E-state index in [2.05, 4.69) is 0 Å². The zero-order valence-electron chi connectivity index (χ0n) is 10.5. The van der Waals surface area contributed by atoms with Gasteiger partial charge in [0.05, 0.1) is 5.92 Å². The fraction of sp³-hybridized carbons (Fsp3) is 0.462. The summed E-state index contributed by atoms with van der Waals surface area (Å²) < 4.78 is 12.8. The molecule has 1 aromatic rings. The molecule has 0 aliphatic heterocycles. The minimum atomic E-state index is -0.308. The number of hydrogen-bond acceptors (Lipinski definition) is 2. The summed E-state index contributed by atoms with van der Waals surface area (Å²) in [6, 6.07) is 5.70. The van der Waals surface area contributed by atoms with Crippen LogP contribution in [-0.4, -0.2) is 18.5 Å². The van der Waals surface area contributed by atoms with E-state index in [1.165, 1.54) is 12.1 Å². The minimum Gasteiger partial charge on any atom is -0.327 e. The maximum absolute atomic E-state index is 12.8. The van der Waals surface area contributed by atoms with Gasteiger partial charge in [-0.05, 0) is 38.1 Å². The predicted octanol–water partition coefficient (Wildman–Crippen LogP) is 2.16. The van der Waals surface area contributed by atoms with Crippen molar-refractivity contribution >= 4 is 11.6 Å². The summed E-state index contributed by atoms with van der Waals surface area (Å²) in [5, 5.41) is 0. The van der Waals surface area contributed by atoms with Crippen LogP contribution in [0.5, 0.6) is 0 Å². The average molecular weight is 238 g/mol. The number of amides is 1. The van der Waals surface area contributed by atoms with E-state index in [1.807, 2.05) is 6.92 Å². The molecule has 2 atom stereocenters. The molecule has 2 unspecified atom stereocenters. The fourth-order valence-corrected chi connectivity index (χ4v) is 1.56. The Labute approximate surface area is 101 Å². The van der Waals surface area contributed by atoms with Crippen molar-refractivity contribution < 1.29 is 9.18 Å². The molecule has 1 rings (SSSR count). The standard InChI is InChI=1S/C13H19FN2O/c1-4-16(13(17)9(2)10(3)15)12-7-5-11(14)6-8-12/h5-10H,4,15H2,1-3H3. The number of rotatable bonds is 4. The second kappa shape index (κ2) is 5.77. The Morgan fingerprint density at radius 3 is 2.29 bits per heavy atom. The molecule has 0 heterocycles. The van der Waals surface area contributed by atoms with Gasteiger partial charge >= 0.3 is 0 Å². The summed E-state index contributed by atoms with van der Waals surface area (Å²) in [7, 11) is 0. The molecule has 1 aromatic carbocycles. The van der Waals surface area contributed by atoms with E-state index >= 15 is 0 Å². The molecule has 0 bridgehead atoms. The van der Waals surface area contributed by atoms with Crippen molar-refractivity contribution in [3.05, 3.63) is 30.1 Å². The fourth-order valence-electron chi connectivity index (χ4n) is 1.56. The van der Waals surface area contributed by atoms with Crippen LogP contribution in [0, 0.1) is 11.7 Å². The van der Waals surface area contributed by atoms with Crippen molar-refractivity contribution in [3.63, 3.8) is 0 Å². The maximum Gasteiger partial charge on any atom is 0.231 e. The van der Waals surface area contributed by atoms with Gasteiger partial charge in [-0.1, -0.05) is 6.92 Å². The molecule has 0 saturated heterocycles. The van der Waals surface area contributed by atoms with E-state index in [0.717, 1.165) is 0 Å². The van der Waals surface area contributed by atoms with Gasteiger partial charge in [-0.25, -0.2) is 4.39 Å². The molecule has 0 aromatic heterocycles. The topological polar surface area (TPSA) is 46.3 Å². The molecule has 3 nitrogen and oxygen atoms in total. The summed E-state index contributed by atoms with van der Waals surface area (Å²) >= 11 is 0. The van der Waals surface area contributed by atoms with Crippen LogP contribution in [-0.2, 0) is 4.79 Å². The summed E-state index contributed by atoms with van der Waals surface area (Å²) in [6.07, 6.45) is 0. The number of halogens is 1. The lowest BCUT2D eigenvalue weighted by Gasteiger charge is -2.26. The lowest BCUT2D eigenvalue weighted by Crippen LogP contribution is -2.41. The summed E-state index contributed by atoms with van der Waals surface area (Å²) in [4.78, 5) is 13.8. The number of carbonyl (C=O) groups is 1. The number of benzene rings is 1. The normalized spacial score (nSPS) is 14.2. The first-order chi connectivity index (χ1) is 7.97. The van der Waals surface area contributed by atoms with Gasteiger partial charge in [0, 0.05) is 18.3 Å². The Balaban J connectivity index is 2.91. The Hall–Kier alpha value is -1.42. The third-order valence-corrected chi connectivity index (χ3v) is 2.90. The molecule has 0 aliphatic carbocycles. The first-order valence-corrected chi connectivity index (χ1v) is 5.80. The quantitative estimate of drug-likeness (QED) is 0.873. The molecule has 17 heavy (non-hydrogen) atoms. The monoisotopic (exact) mass is 238 g/mol. The number of anilines is 1. The van der Waals surface area contributed by atoms with Crippen molar-refractivity contribution in [3.8, 4) is 0 Å². The zero-order valence-corrected chi connectivity index (χ0v) is 10.5. The van der Waals surface area contributed by atoms with E-state index in [-0.39, 0.29) is 23.7 Å². The lowest BCUT2D eigenvalue weighted by molar-refractivity contribution is -0.122. The Morgan fingerprint density at radius 1 is 1.35 bits per heavy atom. The highest BCUT2D eigenvalue weighted by atomic mass is 19.1. The van der Waals surface area contributed by atoms with Gasteiger partial charge in [0.2, 0.25) is 5.91 Å². The smallest absolute Gasteiger partial charge is 0.231 e. The van der Waals surface area contributed by atoms with Crippen LogP contribution in [0.25, 0.3) is 0 Å². The Bertz CT molecular complexity index is 376. The Morgan fingerprint density at radius 2 is 1.88 bits per heavy atom. The number of hydrogen-bond donors (Lipinski definition) is 1. The third kappa shape index (κ3) is 3.27. The van der Waals surface area contributed by atoms with Crippen LogP contribution in [0.4, 0.5) is 10.1 Å². The molecule has 0 fully saturated rings. The van der Waals surface area contributed by atoms with Gasteiger partial charge in [0.15, 0.2) is 0 Å². The van der Waals surface area contributed by atoms with Crippen molar-refractivity contribution in [1.29, 1.82) is 0 Å². The maximum atomic E-state index is 12.8. The van der Waals surface area contributed by atoms with Gasteiger partial charge in [0.25, 0.3) is 0 Å². The second-order valence-corrected chi connectivity index (χ2v) is 4.21. The molecule has 0 aliphatic rings. The number of nitrogens with two attached hydrogens (primary N) is 1. The van der Waals surface area contributed by atoms with E-state index < -0.39 is 0 Å². The number of carbonyl (C=O) groups excluding carboxylic acids is 1. The highest BCUT2D eigenvalue weighted by Gasteiger charge is 2.23. The zero-order chi connectivity index (χ0) is 13.0. The molecule has 2 N–H and O–H groups in total. The van der Waals surface area contributed by atoms with E-state index in [0.29, 0.717) is 12.2 Å². The highest BCUT2D eigenvalue weighted by Crippen LogP contribution is 2.18. The molecule has 4 heteroatoms. The molecule has 0 radical (unpaired) electrons. The summed E-state index contributed by atoms with van der Waals surface area (Å²) in [5.41, 5.74) is 6.42. The molecular weight excluding hydrogens is 219 g/mol. The first-order valence-electron chi connectivity index (χ1n) is 5.80. The van der Waals surface area contributed by atoms with Gasteiger partial charge in [-0.2, -0.15) is 0 Å². The Kier molecular flexibility index (Phi) is 4.63.